The van der Waals surface area contributed by atoms with Crippen molar-refractivity contribution in [1.29, 1.82) is 0 Å². The van der Waals surface area contributed by atoms with Crippen molar-refractivity contribution in [3.05, 3.63) is 76.9 Å². The highest BCUT2D eigenvalue weighted by atomic mass is 16.1. The van der Waals surface area contributed by atoms with Crippen LogP contribution in [0.5, 0.6) is 0 Å². The Bertz CT molecular complexity index is 733. The second-order valence-corrected chi connectivity index (χ2v) is 7.11. The molecule has 0 aliphatic heterocycles. The van der Waals surface area contributed by atoms with E-state index in [0.717, 1.165) is 31.2 Å². The average Bonchev–Trinajstić information content (AvgIpc) is 2.60. The molecule has 1 aliphatic carbocycles. The van der Waals surface area contributed by atoms with Crippen molar-refractivity contribution in [3.63, 3.8) is 0 Å². The second-order valence-electron chi connectivity index (χ2n) is 7.11. The van der Waals surface area contributed by atoms with E-state index in [-0.39, 0.29) is 5.92 Å². The van der Waals surface area contributed by atoms with Crippen LogP contribution in [0.1, 0.15) is 53.9 Å². The van der Waals surface area contributed by atoms with E-state index in [1.165, 1.54) is 16.7 Å². The summed E-state index contributed by atoms with van der Waals surface area (Å²) in [6.45, 7) is 4.22. The van der Waals surface area contributed by atoms with Crippen LogP contribution in [0, 0.1) is 19.8 Å². The van der Waals surface area contributed by atoms with Crippen molar-refractivity contribution in [2.24, 2.45) is 5.92 Å². The fourth-order valence-corrected chi connectivity index (χ4v) is 3.72. The van der Waals surface area contributed by atoms with Crippen LogP contribution in [0.15, 0.2) is 54.6 Å². The van der Waals surface area contributed by atoms with Crippen LogP contribution in [0.4, 0.5) is 0 Å². The largest absolute Gasteiger partial charge is 0.295 e. The van der Waals surface area contributed by atoms with Gasteiger partial charge in [-0.15, -0.1) is 0 Å². The summed E-state index contributed by atoms with van der Waals surface area (Å²) in [6, 6.07) is 17.1. The normalized spacial score (nSPS) is 21.1. The van der Waals surface area contributed by atoms with Crippen LogP contribution in [0.2, 0.25) is 0 Å². The quantitative estimate of drug-likeness (QED) is 0.645. The fourth-order valence-electron chi connectivity index (χ4n) is 3.72. The molecule has 2 aromatic rings. The average molecular weight is 318 g/mol. The van der Waals surface area contributed by atoms with Crippen molar-refractivity contribution in [2.45, 2.75) is 45.4 Å². The first-order valence-electron chi connectivity index (χ1n) is 8.97. The van der Waals surface area contributed by atoms with Crippen LogP contribution >= 0.6 is 0 Å². The summed E-state index contributed by atoms with van der Waals surface area (Å²) >= 11 is 0. The van der Waals surface area contributed by atoms with Gasteiger partial charge in [0.05, 0.1) is 0 Å². The smallest absolute Gasteiger partial charge is 0.158 e. The number of hydrogen-bond acceptors (Lipinski definition) is 1. The van der Waals surface area contributed by atoms with E-state index in [9.17, 15) is 4.79 Å². The van der Waals surface area contributed by atoms with Gasteiger partial charge in [-0.1, -0.05) is 65.7 Å². The zero-order valence-electron chi connectivity index (χ0n) is 14.7. The Labute approximate surface area is 145 Å². The molecule has 1 aliphatic rings. The molecule has 0 unspecified atom stereocenters. The number of rotatable bonds is 4. The third-order valence-corrected chi connectivity index (χ3v) is 5.13. The van der Waals surface area contributed by atoms with Gasteiger partial charge in [-0.2, -0.15) is 0 Å². The lowest BCUT2D eigenvalue weighted by molar-refractivity contribution is -0.119. The zero-order valence-corrected chi connectivity index (χ0v) is 14.7. The van der Waals surface area contributed by atoms with Gasteiger partial charge in [0.2, 0.25) is 0 Å². The minimum atomic E-state index is 0.201. The van der Waals surface area contributed by atoms with Gasteiger partial charge in [0, 0.05) is 5.92 Å². The van der Waals surface area contributed by atoms with E-state index in [1.54, 1.807) is 6.08 Å². The standard InChI is InChI=1S/C23H26O/c1-17-5-3-7-19(15-17)9-14-23(24)21-12-10-20(11-13-21)22-8-4-6-18(2)16-22/h3-9,14-16,20-21H,10-13H2,1-2H3/b14-9+. The number of allylic oxidation sites excluding steroid dienone is 1. The van der Waals surface area contributed by atoms with Crippen molar-refractivity contribution < 1.29 is 4.79 Å². The fraction of sp³-hybridized carbons (Fsp3) is 0.348. The number of aryl methyl sites for hydroxylation is 2. The van der Waals surface area contributed by atoms with Crippen molar-refractivity contribution in [1.82, 2.24) is 0 Å². The van der Waals surface area contributed by atoms with Crippen molar-refractivity contribution in [3.8, 4) is 0 Å². The molecule has 0 N–H and O–H groups in total. The van der Waals surface area contributed by atoms with Gasteiger partial charge in [-0.05, 0) is 62.7 Å². The van der Waals surface area contributed by atoms with Gasteiger partial charge in [0.15, 0.2) is 5.78 Å². The van der Waals surface area contributed by atoms with E-state index in [1.807, 2.05) is 18.2 Å². The molecular formula is C23H26O. The first kappa shape index (κ1) is 16.7. The number of benzene rings is 2. The highest BCUT2D eigenvalue weighted by molar-refractivity contribution is 5.95. The summed E-state index contributed by atoms with van der Waals surface area (Å²) in [5.74, 6) is 1.11. The molecule has 0 saturated heterocycles. The third-order valence-electron chi connectivity index (χ3n) is 5.13. The van der Waals surface area contributed by atoms with Gasteiger partial charge < -0.3 is 0 Å². The molecule has 0 atom stereocenters. The molecule has 1 fully saturated rings. The maximum atomic E-state index is 12.5. The molecule has 124 valence electrons. The molecule has 0 heterocycles. The molecule has 0 aromatic heterocycles. The molecule has 24 heavy (non-hydrogen) atoms. The summed E-state index contributed by atoms with van der Waals surface area (Å²) in [5.41, 5.74) is 5.10. The molecule has 2 aromatic carbocycles. The Kier molecular flexibility index (Phi) is 5.30. The van der Waals surface area contributed by atoms with E-state index >= 15 is 0 Å². The van der Waals surface area contributed by atoms with Gasteiger partial charge in [0.1, 0.15) is 0 Å². The molecule has 1 saturated carbocycles. The Morgan fingerprint density at radius 3 is 2.25 bits per heavy atom. The first-order valence-corrected chi connectivity index (χ1v) is 8.97. The Hall–Kier alpha value is -2.15. The summed E-state index contributed by atoms with van der Waals surface area (Å²) in [7, 11) is 0. The van der Waals surface area contributed by atoms with E-state index in [2.05, 4.69) is 50.2 Å². The summed E-state index contributed by atoms with van der Waals surface area (Å²) in [5, 5.41) is 0. The third kappa shape index (κ3) is 4.23. The van der Waals surface area contributed by atoms with E-state index < -0.39 is 0 Å². The molecule has 0 radical (unpaired) electrons. The van der Waals surface area contributed by atoms with Crippen molar-refractivity contribution >= 4 is 11.9 Å². The summed E-state index contributed by atoms with van der Waals surface area (Å²) in [4.78, 5) is 12.5. The Morgan fingerprint density at radius 1 is 0.917 bits per heavy atom. The number of carbonyl (C=O) groups is 1. The highest BCUT2D eigenvalue weighted by Gasteiger charge is 2.25. The first-order chi connectivity index (χ1) is 11.6. The molecule has 0 spiro atoms. The van der Waals surface area contributed by atoms with Gasteiger partial charge in [-0.3, -0.25) is 4.79 Å². The Balaban J connectivity index is 1.57. The van der Waals surface area contributed by atoms with Crippen LogP contribution in [0.3, 0.4) is 0 Å². The predicted octanol–water partition coefficient (Wildman–Crippen LogP) is 5.86. The van der Waals surface area contributed by atoms with Crippen LogP contribution in [0.25, 0.3) is 6.08 Å². The lowest BCUT2D eigenvalue weighted by atomic mass is 9.77. The Morgan fingerprint density at radius 2 is 1.58 bits per heavy atom. The predicted molar refractivity (Wildman–Crippen MR) is 101 cm³/mol. The topological polar surface area (TPSA) is 17.1 Å². The molecule has 1 nitrogen and oxygen atoms in total. The van der Waals surface area contributed by atoms with Crippen molar-refractivity contribution in [2.75, 3.05) is 0 Å². The van der Waals surface area contributed by atoms with Crippen LogP contribution in [-0.2, 0) is 4.79 Å². The molecule has 0 amide bonds. The minimum Gasteiger partial charge on any atom is -0.295 e. The second kappa shape index (κ2) is 7.61. The van der Waals surface area contributed by atoms with E-state index in [0.29, 0.717) is 11.7 Å². The highest BCUT2D eigenvalue weighted by Crippen LogP contribution is 2.36. The maximum absolute atomic E-state index is 12.5. The number of hydrogen-bond donors (Lipinski definition) is 0. The molecule has 3 rings (SSSR count). The SMILES string of the molecule is Cc1cccc(/C=C/C(=O)C2CCC(c3cccc(C)c3)CC2)c1. The summed E-state index contributed by atoms with van der Waals surface area (Å²) in [6.07, 6.45) is 8.01. The zero-order chi connectivity index (χ0) is 16.9. The number of ketones is 1. The van der Waals surface area contributed by atoms with Gasteiger partial charge >= 0.3 is 0 Å². The van der Waals surface area contributed by atoms with Crippen LogP contribution in [-0.4, -0.2) is 5.78 Å². The van der Waals surface area contributed by atoms with Crippen LogP contribution < -0.4 is 0 Å². The number of carbonyl (C=O) groups excluding carboxylic acids is 1. The monoisotopic (exact) mass is 318 g/mol. The van der Waals surface area contributed by atoms with E-state index in [4.69, 9.17) is 0 Å². The molecule has 1 heteroatoms. The lowest BCUT2D eigenvalue weighted by Gasteiger charge is -2.27. The molecular weight excluding hydrogens is 292 g/mol. The van der Waals surface area contributed by atoms with Gasteiger partial charge in [0.25, 0.3) is 0 Å². The maximum Gasteiger partial charge on any atom is 0.158 e. The lowest BCUT2D eigenvalue weighted by Crippen LogP contribution is -2.19. The summed E-state index contributed by atoms with van der Waals surface area (Å²) < 4.78 is 0. The molecule has 0 bridgehead atoms. The van der Waals surface area contributed by atoms with Gasteiger partial charge in [-0.25, -0.2) is 0 Å². The minimum absolute atomic E-state index is 0.201.